The SMILES string of the molecule is Cc1cccc(CNC(=S)Nc2ccc(CSc3ccccc3)cc2)c1. The van der Waals surface area contributed by atoms with E-state index in [4.69, 9.17) is 12.2 Å². The fourth-order valence-corrected chi connectivity index (χ4v) is 3.61. The molecule has 0 radical (unpaired) electrons. The van der Waals surface area contributed by atoms with E-state index in [1.807, 2.05) is 17.8 Å². The lowest BCUT2D eigenvalue weighted by atomic mass is 10.1. The second-order valence-corrected chi connectivity index (χ2v) is 7.55. The van der Waals surface area contributed by atoms with Crippen molar-refractivity contribution in [3.63, 3.8) is 0 Å². The molecule has 0 atom stereocenters. The zero-order chi connectivity index (χ0) is 18.2. The number of hydrogen-bond acceptors (Lipinski definition) is 2. The second kappa shape index (κ2) is 9.41. The van der Waals surface area contributed by atoms with Crippen molar-refractivity contribution < 1.29 is 0 Å². The largest absolute Gasteiger partial charge is 0.358 e. The van der Waals surface area contributed by atoms with Gasteiger partial charge in [0, 0.05) is 22.9 Å². The van der Waals surface area contributed by atoms with Crippen LogP contribution in [-0.4, -0.2) is 5.11 Å². The van der Waals surface area contributed by atoms with Gasteiger partial charge in [-0.15, -0.1) is 11.8 Å². The highest BCUT2D eigenvalue weighted by molar-refractivity contribution is 7.98. The van der Waals surface area contributed by atoms with Gasteiger partial charge in [0.05, 0.1) is 0 Å². The summed E-state index contributed by atoms with van der Waals surface area (Å²) >= 11 is 7.23. The summed E-state index contributed by atoms with van der Waals surface area (Å²) in [4.78, 5) is 1.29. The van der Waals surface area contributed by atoms with Crippen LogP contribution in [0.4, 0.5) is 5.69 Å². The van der Waals surface area contributed by atoms with Gasteiger partial charge in [-0.3, -0.25) is 0 Å². The van der Waals surface area contributed by atoms with Gasteiger partial charge in [-0.1, -0.05) is 60.2 Å². The maximum absolute atomic E-state index is 5.39. The molecule has 3 aromatic rings. The topological polar surface area (TPSA) is 24.1 Å². The molecule has 0 aromatic heterocycles. The number of anilines is 1. The summed E-state index contributed by atoms with van der Waals surface area (Å²) in [5.74, 6) is 0.959. The van der Waals surface area contributed by atoms with Crippen LogP contribution in [0.1, 0.15) is 16.7 Å². The minimum absolute atomic E-state index is 0.637. The molecular formula is C22H22N2S2. The van der Waals surface area contributed by atoms with Crippen molar-refractivity contribution in [3.05, 3.63) is 95.6 Å². The van der Waals surface area contributed by atoms with Gasteiger partial charge in [0.1, 0.15) is 0 Å². The quantitative estimate of drug-likeness (QED) is 0.420. The molecular weight excluding hydrogens is 356 g/mol. The molecule has 0 aliphatic rings. The van der Waals surface area contributed by atoms with Crippen LogP contribution >= 0.6 is 24.0 Å². The first kappa shape index (κ1) is 18.5. The molecule has 0 spiro atoms. The molecule has 3 aromatic carbocycles. The molecule has 0 aliphatic heterocycles. The average Bonchev–Trinajstić information content (AvgIpc) is 2.67. The summed E-state index contributed by atoms with van der Waals surface area (Å²) in [6.07, 6.45) is 0. The Labute approximate surface area is 165 Å². The number of aryl methyl sites for hydroxylation is 1. The first-order valence-electron chi connectivity index (χ1n) is 8.56. The first-order chi connectivity index (χ1) is 12.7. The molecule has 0 saturated heterocycles. The van der Waals surface area contributed by atoms with Gasteiger partial charge in [-0.05, 0) is 54.5 Å². The third-order valence-electron chi connectivity index (χ3n) is 3.90. The van der Waals surface area contributed by atoms with Crippen LogP contribution in [0.25, 0.3) is 0 Å². The summed E-state index contributed by atoms with van der Waals surface area (Å²) in [5, 5.41) is 7.13. The van der Waals surface area contributed by atoms with Crippen LogP contribution in [0.5, 0.6) is 0 Å². The molecule has 0 amide bonds. The van der Waals surface area contributed by atoms with Crippen molar-refractivity contribution in [2.24, 2.45) is 0 Å². The molecule has 2 nitrogen and oxygen atoms in total. The third kappa shape index (κ3) is 5.90. The normalized spacial score (nSPS) is 10.3. The minimum Gasteiger partial charge on any atom is -0.358 e. The van der Waals surface area contributed by atoms with Crippen LogP contribution < -0.4 is 10.6 Å². The Bertz CT molecular complexity index is 846. The number of thioether (sulfide) groups is 1. The van der Waals surface area contributed by atoms with Gasteiger partial charge >= 0.3 is 0 Å². The van der Waals surface area contributed by atoms with Gasteiger partial charge in [0.25, 0.3) is 0 Å². The van der Waals surface area contributed by atoms with Crippen molar-refractivity contribution in [3.8, 4) is 0 Å². The molecule has 0 saturated carbocycles. The van der Waals surface area contributed by atoms with Gasteiger partial charge in [-0.2, -0.15) is 0 Å². The van der Waals surface area contributed by atoms with Crippen LogP contribution in [0.15, 0.2) is 83.8 Å². The Morgan fingerprint density at radius 2 is 1.65 bits per heavy atom. The Kier molecular flexibility index (Phi) is 6.69. The van der Waals surface area contributed by atoms with E-state index in [0.29, 0.717) is 5.11 Å². The van der Waals surface area contributed by atoms with Gasteiger partial charge in [0.2, 0.25) is 0 Å². The summed E-state index contributed by atoms with van der Waals surface area (Å²) < 4.78 is 0. The Balaban J connectivity index is 1.46. The van der Waals surface area contributed by atoms with Gasteiger partial charge in [-0.25, -0.2) is 0 Å². The highest BCUT2D eigenvalue weighted by Crippen LogP contribution is 2.23. The molecule has 0 unspecified atom stereocenters. The molecule has 0 aliphatic carbocycles. The lowest BCUT2D eigenvalue weighted by molar-refractivity contribution is 0.924. The average molecular weight is 379 g/mol. The van der Waals surface area contributed by atoms with Crippen LogP contribution in [-0.2, 0) is 12.3 Å². The Morgan fingerprint density at radius 3 is 2.38 bits per heavy atom. The van der Waals surface area contributed by atoms with Crippen molar-refractivity contribution >= 4 is 34.8 Å². The van der Waals surface area contributed by atoms with Crippen LogP contribution in [0.2, 0.25) is 0 Å². The maximum Gasteiger partial charge on any atom is 0.171 e. The molecule has 2 N–H and O–H groups in total. The van der Waals surface area contributed by atoms with Gasteiger partial charge in [0.15, 0.2) is 5.11 Å². The molecule has 0 heterocycles. The molecule has 132 valence electrons. The molecule has 0 fully saturated rings. The predicted octanol–water partition coefficient (Wildman–Crippen LogP) is 5.77. The Hall–Kier alpha value is -2.30. The number of rotatable bonds is 6. The van der Waals surface area contributed by atoms with E-state index in [-0.39, 0.29) is 0 Å². The zero-order valence-electron chi connectivity index (χ0n) is 14.7. The highest BCUT2D eigenvalue weighted by Gasteiger charge is 2.00. The summed E-state index contributed by atoms with van der Waals surface area (Å²) in [7, 11) is 0. The van der Waals surface area contributed by atoms with Crippen LogP contribution in [0.3, 0.4) is 0 Å². The number of hydrogen-bond donors (Lipinski definition) is 2. The lowest BCUT2D eigenvalue weighted by Crippen LogP contribution is -2.27. The van der Waals surface area contributed by atoms with E-state index < -0.39 is 0 Å². The first-order valence-corrected chi connectivity index (χ1v) is 9.95. The fourth-order valence-electron chi connectivity index (χ4n) is 2.55. The van der Waals surface area contributed by atoms with E-state index in [1.165, 1.54) is 21.6 Å². The molecule has 4 heteroatoms. The molecule has 26 heavy (non-hydrogen) atoms. The van der Waals surface area contributed by atoms with Crippen molar-refractivity contribution in [1.82, 2.24) is 5.32 Å². The number of nitrogens with one attached hydrogen (secondary N) is 2. The van der Waals surface area contributed by atoms with E-state index >= 15 is 0 Å². The minimum atomic E-state index is 0.637. The third-order valence-corrected chi connectivity index (χ3v) is 5.23. The Morgan fingerprint density at radius 1 is 0.885 bits per heavy atom. The van der Waals surface area contributed by atoms with E-state index in [2.05, 4.69) is 90.4 Å². The van der Waals surface area contributed by atoms with E-state index in [9.17, 15) is 0 Å². The van der Waals surface area contributed by atoms with E-state index in [1.54, 1.807) is 0 Å². The zero-order valence-corrected chi connectivity index (χ0v) is 16.4. The maximum atomic E-state index is 5.39. The van der Waals surface area contributed by atoms with E-state index in [0.717, 1.165) is 18.0 Å². The van der Waals surface area contributed by atoms with Gasteiger partial charge < -0.3 is 10.6 Å². The molecule has 3 rings (SSSR count). The summed E-state index contributed by atoms with van der Waals surface area (Å²) in [6.45, 7) is 2.82. The summed E-state index contributed by atoms with van der Waals surface area (Å²) in [5.41, 5.74) is 4.78. The highest BCUT2D eigenvalue weighted by atomic mass is 32.2. The fraction of sp³-hybridized carbons (Fsp3) is 0.136. The van der Waals surface area contributed by atoms with Crippen molar-refractivity contribution in [2.75, 3.05) is 5.32 Å². The smallest absolute Gasteiger partial charge is 0.171 e. The second-order valence-electron chi connectivity index (χ2n) is 6.10. The van der Waals surface area contributed by atoms with Crippen molar-refractivity contribution in [2.45, 2.75) is 24.1 Å². The summed E-state index contributed by atoms with van der Waals surface area (Å²) in [6, 6.07) is 27.3. The lowest BCUT2D eigenvalue weighted by Gasteiger charge is -2.11. The number of thiocarbonyl (C=S) groups is 1. The molecule has 0 bridgehead atoms. The predicted molar refractivity (Wildman–Crippen MR) is 117 cm³/mol. The standard InChI is InChI=1S/C22H22N2S2/c1-17-6-5-7-19(14-17)15-23-22(25)24-20-12-10-18(11-13-20)16-26-21-8-3-2-4-9-21/h2-14H,15-16H2,1H3,(H2,23,24,25). The van der Waals surface area contributed by atoms with Crippen molar-refractivity contribution in [1.29, 1.82) is 0 Å². The van der Waals surface area contributed by atoms with Crippen LogP contribution in [0, 0.1) is 6.92 Å². The number of benzene rings is 3. The monoisotopic (exact) mass is 378 g/mol.